The predicted molar refractivity (Wildman–Crippen MR) is 58.5 cm³/mol. The molecule has 1 aromatic carbocycles. The highest BCUT2D eigenvalue weighted by Crippen LogP contribution is 2.37. The van der Waals surface area contributed by atoms with Crippen molar-refractivity contribution in [1.82, 2.24) is 0 Å². The molecule has 0 saturated carbocycles. The van der Waals surface area contributed by atoms with Gasteiger partial charge in [-0.3, -0.25) is 0 Å². The normalized spacial score (nSPS) is 13.6. The van der Waals surface area contributed by atoms with Gasteiger partial charge in [-0.1, -0.05) is 0 Å². The van der Waals surface area contributed by atoms with Crippen LogP contribution in [0, 0.1) is 0 Å². The molecule has 0 aromatic heterocycles. The Morgan fingerprint density at radius 1 is 1.33 bits per heavy atom. The molecule has 0 radical (unpaired) electrons. The number of nitrogens with two attached hydrogens (primary N) is 1. The molecule has 0 aliphatic carbocycles. The zero-order chi connectivity index (χ0) is 10.8. The van der Waals surface area contributed by atoms with Crippen LogP contribution in [0.1, 0.15) is 5.56 Å². The first-order valence-electron chi connectivity index (χ1n) is 4.57. The Kier molecular flexibility index (Phi) is 2.37. The number of guanidine groups is 1. The molecule has 1 heterocycles. The molecule has 0 amide bonds. The van der Waals surface area contributed by atoms with E-state index in [1.54, 1.807) is 14.2 Å². The molecule has 0 saturated heterocycles. The molecule has 1 aliphatic heterocycles. The minimum Gasteiger partial charge on any atom is -0.493 e. The number of aliphatic imine (C=N–C) groups is 1. The van der Waals surface area contributed by atoms with Crippen LogP contribution in [0.2, 0.25) is 0 Å². The number of benzene rings is 1. The minimum atomic E-state index is 0.426. The second-order valence-electron chi connectivity index (χ2n) is 3.15. The number of nitrogens with one attached hydrogen (secondary N) is 1. The van der Waals surface area contributed by atoms with Crippen LogP contribution < -0.4 is 20.5 Å². The van der Waals surface area contributed by atoms with Gasteiger partial charge in [0.05, 0.1) is 20.8 Å². The van der Waals surface area contributed by atoms with Crippen molar-refractivity contribution in [1.29, 1.82) is 0 Å². The highest BCUT2D eigenvalue weighted by Gasteiger charge is 2.17. The summed E-state index contributed by atoms with van der Waals surface area (Å²) in [6, 6.07) is 3.74. The number of nitrogens with zero attached hydrogens (tertiary/aromatic N) is 1. The molecule has 15 heavy (non-hydrogen) atoms. The largest absolute Gasteiger partial charge is 0.493 e. The summed E-state index contributed by atoms with van der Waals surface area (Å²) >= 11 is 0. The number of anilines is 1. The first-order chi connectivity index (χ1) is 7.26. The van der Waals surface area contributed by atoms with E-state index in [1.807, 2.05) is 12.1 Å². The molecule has 0 bridgehead atoms. The molecular formula is C10H13N3O2. The van der Waals surface area contributed by atoms with Crippen molar-refractivity contribution in [3.05, 3.63) is 17.7 Å². The highest BCUT2D eigenvalue weighted by atomic mass is 16.5. The molecule has 80 valence electrons. The lowest BCUT2D eigenvalue weighted by Gasteiger charge is -2.19. The van der Waals surface area contributed by atoms with E-state index in [1.165, 1.54) is 0 Å². The molecule has 5 heteroatoms. The molecule has 0 spiro atoms. The lowest BCUT2D eigenvalue weighted by atomic mass is 10.1. The summed E-state index contributed by atoms with van der Waals surface area (Å²) < 4.78 is 10.5. The first kappa shape index (κ1) is 9.64. The lowest BCUT2D eigenvalue weighted by molar-refractivity contribution is 0.352. The van der Waals surface area contributed by atoms with Crippen molar-refractivity contribution in [2.24, 2.45) is 10.7 Å². The number of hydrogen-bond acceptors (Lipinski definition) is 5. The third kappa shape index (κ3) is 1.56. The third-order valence-electron chi connectivity index (χ3n) is 2.32. The summed E-state index contributed by atoms with van der Waals surface area (Å²) in [5.41, 5.74) is 7.46. The summed E-state index contributed by atoms with van der Waals surface area (Å²) in [4.78, 5) is 4.10. The van der Waals surface area contributed by atoms with Gasteiger partial charge in [0.1, 0.15) is 0 Å². The maximum Gasteiger partial charge on any atom is 0.193 e. The van der Waals surface area contributed by atoms with Gasteiger partial charge in [-0.05, 0) is 12.1 Å². The standard InChI is InChI=1S/C10H13N3O2/c1-14-8-4-3-7-6(9(8)15-2)5-12-10(11)13-7/h3-4H,5H2,1-2H3,(H3,11,12,13). The Morgan fingerprint density at radius 2 is 2.13 bits per heavy atom. The minimum absolute atomic E-state index is 0.426. The van der Waals surface area contributed by atoms with E-state index < -0.39 is 0 Å². The number of fused-ring (bicyclic) bond motifs is 1. The van der Waals surface area contributed by atoms with Gasteiger partial charge in [0, 0.05) is 11.3 Å². The molecule has 2 rings (SSSR count). The Labute approximate surface area is 87.9 Å². The molecule has 1 aliphatic rings. The molecule has 0 unspecified atom stereocenters. The van der Waals surface area contributed by atoms with Crippen LogP contribution in [0.25, 0.3) is 0 Å². The zero-order valence-electron chi connectivity index (χ0n) is 8.70. The van der Waals surface area contributed by atoms with Crippen molar-refractivity contribution in [3.63, 3.8) is 0 Å². The third-order valence-corrected chi connectivity index (χ3v) is 2.32. The average Bonchev–Trinajstić information content (AvgIpc) is 2.27. The van der Waals surface area contributed by atoms with Crippen LogP contribution in [0.5, 0.6) is 11.5 Å². The zero-order valence-corrected chi connectivity index (χ0v) is 8.70. The van der Waals surface area contributed by atoms with Crippen LogP contribution in [-0.4, -0.2) is 20.2 Å². The van der Waals surface area contributed by atoms with E-state index in [0.717, 1.165) is 11.3 Å². The van der Waals surface area contributed by atoms with Crippen molar-refractivity contribution in [3.8, 4) is 11.5 Å². The maximum absolute atomic E-state index is 5.58. The van der Waals surface area contributed by atoms with Gasteiger partial charge < -0.3 is 20.5 Å². The maximum atomic E-state index is 5.58. The summed E-state index contributed by atoms with van der Waals surface area (Å²) in [5.74, 6) is 1.84. The van der Waals surface area contributed by atoms with Crippen molar-refractivity contribution in [2.45, 2.75) is 6.54 Å². The van der Waals surface area contributed by atoms with Gasteiger partial charge in [0.15, 0.2) is 17.5 Å². The van der Waals surface area contributed by atoms with E-state index in [0.29, 0.717) is 24.0 Å². The van der Waals surface area contributed by atoms with E-state index >= 15 is 0 Å². The smallest absolute Gasteiger partial charge is 0.193 e. The van der Waals surface area contributed by atoms with Crippen LogP contribution in [0.3, 0.4) is 0 Å². The van der Waals surface area contributed by atoms with Gasteiger partial charge >= 0.3 is 0 Å². The van der Waals surface area contributed by atoms with Crippen molar-refractivity contribution in [2.75, 3.05) is 19.5 Å². The second-order valence-corrected chi connectivity index (χ2v) is 3.15. The second kappa shape index (κ2) is 3.68. The summed E-state index contributed by atoms with van der Waals surface area (Å²) in [6.07, 6.45) is 0. The molecule has 5 nitrogen and oxygen atoms in total. The number of ether oxygens (including phenoxy) is 2. The van der Waals surface area contributed by atoms with Gasteiger partial charge in [-0.15, -0.1) is 0 Å². The molecule has 0 atom stereocenters. The van der Waals surface area contributed by atoms with Crippen molar-refractivity contribution < 1.29 is 9.47 Å². The Balaban J connectivity index is 2.50. The van der Waals surface area contributed by atoms with Gasteiger partial charge in [-0.2, -0.15) is 0 Å². The fourth-order valence-corrected chi connectivity index (χ4v) is 1.61. The monoisotopic (exact) mass is 207 g/mol. The van der Waals surface area contributed by atoms with E-state index in [9.17, 15) is 0 Å². The quantitative estimate of drug-likeness (QED) is 0.757. The van der Waals surface area contributed by atoms with Gasteiger partial charge in [0.2, 0.25) is 0 Å². The molecule has 0 fully saturated rings. The number of hydrogen-bond donors (Lipinski definition) is 2. The highest BCUT2D eigenvalue weighted by molar-refractivity contribution is 5.95. The predicted octanol–water partition coefficient (Wildman–Crippen LogP) is 0.944. The van der Waals surface area contributed by atoms with Crippen LogP contribution in [0.15, 0.2) is 17.1 Å². The summed E-state index contributed by atoms with van der Waals surface area (Å²) in [6.45, 7) is 0.508. The number of rotatable bonds is 2. The molecular weight excluding hydrogens is 194 g/mol. The fraction of sp³-hybridized carbons (Fsp3) is 0.300. The van der Waals surface area contributed by atoms with Crippen LogP contribution >= 0.6 is 0 Å². The fourth-order valence-electron chi connectivity index (χ4n) is 1.61. The topological polar surface area (TPSA) is 68.9 Å². The SMILES string of the molecule is COc1ccc2c(c1OC)CN=C(N)N2. The Morgan fingerprint density at radius 3 is 2.80 bits per heavy atom. The molecule has 1 aromatic rings. The van der Waals surface area contributed by atoms with Gasteiger partial charge in [-0.25, -0.2) is 4.99 Å². The first-order valence-corrected chi connectivity index (χ1v) is 4.57. The van der Waals surface area contributed by atoms with Crippen molar-refractivity contribution >= 4 is 11.6 Å². The summed E-state index contributed by atoms with van der Waals surface area (Å²) in [5, 5.41) is 2.98. The van der Waals surface area contributed by atoms with E-state index in [-0.39, 0.29) is 0 Å². The lowest BCUT2D eigenvalue weighted by Crippen LogP contribution is -2.26. The Hall–Kier alpha value is -1.91. The van der Waals surface area contributed by atoms with Crippen LogP contribution in [0.4, 0.5) is 5.69 Å². The summed E-state index contributed by atoms with van der Waals surface area (Å²) in [7, 11) is 3.22. The average molecular weight is 207 g/mol. The van der Waals surface area contributed by atoms with E-state index in [2.05, 4.69) is 10.3 Å². The number of methoxy groups -OCH3 is 2. The van der Waals surface area contributed by atoms with Gasteiger partial charge in [0.25, 0.3) is 0 Å². The Bertz CT molecular complexity index is 415. The van der Waals surface area contributed by atoms with E-state index in [4.69, 9.17) is 15.2 Å². The molecule has 3 N–H and O–H groups in total. The van der Waals surface area contributed by atoms with Crippen LogP contribution in [-0.2, 0) is 6.54 Å².